The first kappa shape index (κ1) is 10.6. The van der Waals surface area contributed by atoms with Gasteiger partial charge in [-0.3, -0.25) is 4.79 Å². The molecule has 1 unspecified atom stereocenters. The van der Waals surface area contributed by atoms with Crippen LogP contribution < -0.4 is 5.73 Å². The lowest BCUT2D eigenvalue weighted by atomic mass is 9.94. The second kappa shape index (κ2) is 4.29. The first-order valence-corrected chi connectivity index (χ1v) is 5.92. The van der Waals surface area contributed by atoms with Crippen molar-refractivity contribution in [2.24, 2.45) is 5.73 Å². The maximum absolute atomic E-state index is 10.9. The SMILES string of the molecule is NC1=C(C=O)C(c2ccc(Cl)cc2)CS1. The number of rotatable bonds is 2. The number of hydrogen-bond acceptors (Lipinski definition) is 3. The third-order valence-electron chi connectivity index (χ3n) is 2.46. The van der Waals surface area contributed by atoms with Crippen molar-refractivity contribution in [3.05, 3.63) is 45.5 Å². The van der Waals surface area contributed by atoms with E-state index in [0.29, 0.717) is 15.6 Å². The highest BCUT2D eigenvalue weighted by atomic mass is 35.5. The Bertz CT molecular complexity index is 413. The van der Waals surface area contributed by atoms with Crippen molar-refractivity contribution >= 4 is 29.6 Å². The fraction of sp³-hybridized carbons (Fsp3) is 0.182. The predicted molar refractivity (Wildman–Crippen MR) is 63.9 cm³/mol. The van der Waals surface area contributed by atoms with Crippen LogP contribution in [0.25, 0.3) is 0 Å². The van der Waals surface area contributed by atoms with Crippen LogP contribution in [0.4, 0.5) is 0 Å². The van der Waals surface area contributed by atoms with E-state index in [1.165, 1.54) is 11.8 Å². The number of hydrogen-bond donors (Lipinski definition) is 1. The third kappa shape index (κ3) is 2.03. The van der Waals surface area contributed by atoms with Gasteiger partial charge in [0.25, 0.3) is 0 Å². The Morgan fingerprint density at radius 1 is 1.40 bits per heavy atom. The van der Waals surface area contributed by atoms with Crippen molar-refractivity contribution in [3.8, 4) is 0 Å². The standard InChI is InChI=1S/C11H10ClNOS/c12-8-3-1-7(2-4-8)10-6-15-11(13)9(10)5-14/h1-5,10H,6,13H2. The molecular weight excluding hydrogens is 230 g/mol. The minimum atomic E-state index is 0.116. The molecule has 0 bridgehead atoms. The zero-order chi connectivity index (χ0) is 10.8. The largest absolute Gasteiger partial charge is 0.393 e. The summed E-state index contributed by atoms with van der Waals surface area (Å²) in [6, 6.07) is 7.54. The van der Waals surface area contributed by atoms with Crippen molar-refractivity contribution in [1.82, 2.24) is 0 Å². The van der Waals surface area contributed by atoms with Gasteiger partial charge in [-0.05, 0) is 17.7 Å². The average Bonchev–Trinajstić information content (AvgIpc) is 2.61. The molecule has 0 aromatic heterocycles. The van der Waals surface area contributed by atoms with E-state index in [1.54, 1.807) is 0 Å². The number of carbonyl (C=O) groups is 1. The van der Waals surface area contributed by atoms with Crippen LogP contribution in [0.2, 0.25) is 5.02 Å². The Hall–Kier alpha value is -0.930. The van der Waals surface area contributed by atoms with Gasteiger partial charge in [0.2, 0.25) is 0 Å². The molecule has 1 atom stereocenters. The van der Waals surface area contributed by atoms with Gasteiger partial charge in [-0.15, -0.1) is 11.8 Å². The summed E-state index contributed by atoms with van der Waals surface area (Å²) < 4.78 is 0. The molecule has 1 aromatic carbocycles. The molecule has 1 aliphatic rings. The Labute approximate surface area is 97.5 Å². The average molecular weight is 240 g/mol. The van der Waals surface area contributed by atoms with Crippen LogP contribution in [0.1, 0.15) is 11.5 Å². The van der Waals surface area contributed by atoms with Crippen LogP contribution in [0.5, 0.6) is 0 Å². The van der Waals surface area contributed by atoms with Gasteiger partial charge >= 0.3 is 0 Å². The molecule has 0 fully saturated rings. The van der Waals surface area contributed by atoms with E-state index in [1.807, 2.05) is 24.3 Å². The molecule has 78 valence electrons. The number of carbonyl (C=O) groups excluding carboxylic acids is 1. The highest BCUT2D eigenvalue weighted by Crippen LogP contribution is 2.38. The van der Waals surface area contributed by atoms with Crippen LogP contribution in [-0.2, 0) is 4.79 Å². The van der Waals surface area contributed by atoms with Gasteiger partial charge in [-0.25, -0.2) is 0 Å². The molecule has 0 saturated heterocycles. The van der Waals surface area contributed by atoms with E-state index in [2.05, 4.69) is 0 Å². The van der Waals surface area contributed by atoms with Crippen molar-refractivity contribution < 1.29 is 4.79 Å². The zero-order valence-electron chi connectivity index (χ0n) is 7.94. The van der Waals surface area contributed by atoms with Gasteiger partial charge in [0, 0.05) is 22.3 Å². The number of thioether (sulfide) groups is 1. The molecule has 0 spiro atoms. The monoisotopic (exact) mass is 239 g/mol. The van der Waals surface area contributed by atoms with Crippen molar-refractivity contribution in [3.63, 3.8) is 0 Å². The van der Waals surface area contributed by atoms with Crippen LogP contribution in [0.15, 0.2) is 34.9 Å². The third-order valence-corrected chi connectivity index (χ3v) is 3.76. The molecule has 2 nitrogen and oxygen atoms in total. The van der Waals surface area contributed by atoms with Crippen molar-refractivity contribution in [2.75, 3.05) is 5.75 Å². The van der Waals surface area contributed by atoms with E-state index in [4.69, 9.17) is 17.3 Å². The van der Waals surface area contributed by atoms with E-state index in [9.17, 15) is 4.79 Å². The molecule has 0 saturated carbocycles. The Morgan fingerprint density at radius 2 is 2.07 bits per heavy atom. The van der Waals surface area contributed by atoms with Crippen LogP contribution in [0, 0.1) is 0 Å². The Kier molecular flexibility index (Phi) is 3.03. The summed E-state index contributed by atoms with van der Waals surface area (Å²) in [6.45, 7) is 0. The first-order valence-electron chi connectivity index (χ1n) is 4.55. The highest BCUT2D eigenvalue weighted by Gasteiger charge is 2.25. The number of halogens is 1. The minimum absolute atomic E-state index is 0.116. The maximum Gasteiger partial charge on any atom is 0.149 e. The lowest BCUT2D eigenvalue weighted by Gasteiger charge is -2.10. The Morgan fingerprint density at radius 3 is 2.67 bits per heavy atom. The topological polar surface area (TPSA) is 43.1 Å². The number of aldehydes is 1. The fourth-order valence-electron chi connectivity index (χ4n) is 1.63. The lowest BCUT2D eigenvalue weighted by molar-refractivity contribution is -0.105. The second-order valence-corrected chi connectivity index (χ2v) is 4.85. The summed E-state index contributed by atoms with van der Waals surface area (Å²) in [6.07, 6.45) is 0.856. The number of allylic oxidation sites excluding steroid dienone is 1. The normalized spacial score (nSPS) is 20.7. The van der Waals surface area contributed by atoms with Gasteiger partial charge in [0.05, 0.1) is 5.03 Å². The van der Waals surface area contributed by atoms with Gasteiger partial charge in [0.1, 0.15) is 6.29 Å². The minimum Gasteiger partial charge on any atom is -0.393 e. The molecule has 0 aliphatic carbocycles. The first-order chi connectivity index (χ1) is 7.22. The van der Waals surface area contributed by atoms with Gasteiger partial charge in [-0.1, -0.05) is 23.7 Å². The molecule has 2 rings (SSSR count). The summed E-state index contributed by atoms with van der Waals surface area (Å²) in [7, 11) is 0. The Balaban J connectivity index is 2.33. The van der Waals surface area contributed by atoms with E-state index in [0.717, 1.165) is 17.6 Å². The summed E-state index contributed by atoms with van der Waals surface area (Å²) in [5.74, 6) is 0.950. The second-order valence-electron chi connectivity index (χ2n) is 3.35. The zero-order valence-corrected chi connectivity index (χ0v) is 9.52. The molecule has 1 aromatic rings. The van der Waals surface area contributed by atoms with Gasteiger partial charge in [-0.2, -0.15) is 0 Å². The quantitative estimate of drug-likeness (QED) is 0.807. The van der Waals surface area contributed by atoms with Crippen LogP contribution >= 0.6 is 23.4 Å². The van der Waals surface area contributed by atoms with E-state index in [-0.39, 0.29) is 5.92 Å². The summed E-state index contributed by atoms with van der Waals surface area (Å²) in [5, 5.41) is 1.35. The summed E-state index contributed by atoms with van der Waals surface area (Å²) in [5.41, 5.74) is 7.52. The van der Waals surface area contributed by atoms with Crippen molar-refractivity contribution in [1.29, 1.82) is 0 Å². The number of nitrogens with two attached hydrogens (primary N) is 1. The van der Waals surface area contributed by atoms with Gasteiger partial charge in [0.15, 0.2) is 0 Å². The van der Waals surface area contributed by atoms with Crippen LogP contribution in [0.3, 0.4) is 0 Å². The molecule has 0 amide bonds. The molecule has 1 aliphatic heterocycles. The molecule has 4 heteroatoms. The molecule has 2 N–H and O–H groups in total. The van der Waals surface area contributed by atoms with E-state index >= 15 is 0 Å². The van der Waals surface area contributed by atoms with Crippen LogP contribution in [-0.4, -0.2) is 12.0 Å². The predicted octanol–water partition coefficient (Wildman–Crippen LogP) is 2.54. The maximum atomic E-state index is 10.9. The summed E-state index contributed by atoms with van der Waals surface area (Å²) >= 11 is 7.34. The molecule has 1 heterocycles. The van der Waals surface area contributed by atoms with Crippen molar-refractivity contribution in [2.45, 2.75) is 5.92 Å². The fourth-order valence-corrected chi connectivity index (χ4v) is 2.83. The smallest absolute Gasteiger partial charge is 0.149 e. The lowest BCUT2D eigenvalue weighted by Crippen LogP contribution is -2.04. The summed E-state index contributed by atoms with van der Waals surface area (Å²) in [4.78, 5) is 10.9. The molecule has 0 radical (unpaired) electrons. The highest BCUT2D eigenvalue weighted by molar-refractivity contribution is 8.03. The van der Waals surface area contributed by atoms with Gasteiger partial charge < -0.3 is 5.73 Å². The van der Waals surface area contributed by atoms with E-state index < -0.39 is 0 Å². The molecular formula is C11H10ClNOS. The molecule has 15 heavy (non-hydrogen) atoms. The number of benzene rings is 1.